The molecule has 6 nitrogen and oxygen atoms in total. The Hall–Kier alpha value is -1.47. The molecular weight excluding hydrogens is 731 g/mol. The number of carbonyl (C=O) groups excluding carboxylic acids is 1. The van der Waals surface area contributed by atoms with E-state index in [0.717, 1.165) is 51.4 Å². The summed E-state index contributed by atoms with van der Waals surface area (Å²) < 4.78 is 0. The van der Waals surface area contributed by atoms with Crippen molar-refractivity contribution in [3.63, 3.8) is 0 Å². The molecule has 6 heteroatoms. The lowest BCUT2D eigenvalue weighted by Crippen LogP contribution is -2.53. The van der Waals surface area contributed by atoms with Crippen LogP contribution in [0, 0.1) is 0 Å². The Balaban J connectivity index is 3.73. The molecule has 0 heterocycles. The number of hydrogen-bond acceptors (Lipinski definition) is 5. The highest BCUT2D eigenvalue weighted by Gasteiger charge is 2.28. The van der Waals surface area contributed by atoms with Gasteiger partial charge in [0.2, 0.25) is 5.91 Å². The number of unbranched alkanes of at least 4 members (excludes halogenated alkanes) is 32. The summed E-state index contributed by atoms with van der Waals surface area (Å²) in [6.45, 7) is 4.05. The van der Waals surface area contributed by atoms with E-state index in [0.29, 0.717) is 19.3 Å². The van der Waals surface area contributed by atoms with Crippen LogP contribution in [0.25, 0.3) is 0 Å². The van der Waals surface area contributed by atoms with E-state index in [2.05, 4.69) is 55.6 Å². The van der Waals surface area contributed by atoms with Crippen LogP contribution in [0.4, 0.5) is 0 Å². The summed E-state index contributed by atoms with van der Waals surface area (Å²) in [5, 5.41) is 43.8. The van der Waals surface area contributed by atoms with Crippen LogP contribution in [0.3, 0.4) is 0 Å². The number of amides is 1. The van der Waals surface area contributed by atoms with Crippen molar-refractivity contribution >= 4 is 5.91 Å². The smallest absolute Gasteiger partial charge is 0.249 e. The van der Waals surface area contributed by atoms with Crippen molar-refractivity contribution in [1.82, 2.24) is 5.32 Å². The van der Waals surface area contributed by atoms with Crippen molar-refractivity contribution in [1.29, 1.82) is 0 Å². The van der Waals surface area contributed by atoms with Gasteiger partial charge in [-0.25, -0.2) is 0 Å². The fraction of sp³-hybridized carbons (Fsp3) is 0.868. The summed E-state index contributed by atoms with van der Waals surface area (Å²) in [5.74, 6) is -0.597. The van der Waals surface area contributed by atoms with Crippen LogP contribution in [-0.2, 0) is 4.79 Å². The van der Waals surface area contributed by atoms with Crippen molar-refractivity contribution in [2.24, 2.45) is 0 Å². The number of rotatable bonds is 47. The van der Waals surface area contributed by atoms with Gasteiger partial charge in [-0.05, 0) is 64.2 Å². The molecule has 0 aromatic rings. The highest BCUT2D eigenvalue weighted by Crippen LogP contribution is 2.16. The fourth-order valence-corrected chi connectivity index (χ4v) is 7.97. The minimum absolute atomic E-state index is 0.361. The lowest BCUT2D eigenvalue weighted by atomic mass is 10.00. The minimum atomic E-state index is -1.29. The highest BCUT2D eigenvalue weighted by atomic mass is 16.3. The summed E-state index contributed by atoms with van der Waals surface area (Å²) in [5.41, 5.74) is 0. The lowest BCUT2D eigenvalue weighted by Gasteiger charge is -2.27. The van der Waals surface area contributed by atoms with Gasteiger partial charge in [0.1, 0.15) is 12.2 Å². The van der Waals surface area contributed by atoms with E-state index in [1.807, 2.05) is 0 Å². The molecule has 0 radical (unpaired) electrons. The molecule has 0 saturated heterocycles. The van der Waals surface area contributed by atoms with E-state index in [1.165, 1.54) is 180 Å². The average molecular weight is 832 g/mol. The van der Waals surface area contributed by atoms with E-state index < -0.39 is 36.9 Å². The van der Waals surface area contributed by atoms with Gasteiger partial charge in [-0.3, -0.25) is 4.79 Å². The van der Waals surface area contributed by atoms with Crippen LogP contribution in [0.5, 0.6) is 0 Å². The number of allylic oxidation sites excluding steroid dienone is 6. The predicted molar refractivity (Wildman–Crippen MR) is 256 cm³/mol. The van der Waals surface area contributed by atoms with Gasteiger partial charge in [0.15, 0.2) is 0 Å². The van der Waals surface area contributed by atoms with Gasteiger partial charge in [-0.1, -0.05) is 237 Å². The van der Waals surface area contributed by atoms with Gasteiger partial charge < -0.3 is 25.7 Å². The van der Waals surface area contributed by atoms with Crippen molar-refractivity contribution in [3.05, 3.63) is 36.5 Å². The molecule has 0 aromatic heterocycles. The Kier molecular flexibility index (Phi) is 46.4. The van der Waals surface area contributed by atoms with Crippen LogP contribution >= 0.6 is 0 Å². The Bertz CT molecular complexity index is 935. The van der Waals surface area contributed by atoms with Gasteiger partial charge in [0, 0.05) is 0 Å². The molecule has 4 unspecified atom stereocenters. The Morgan fingerprint density at radius 2 is 0.712 bits per heavy atom. The van der Waals surface area contributed by atoms with Gasteiger partial charge in [0.05, 0.1) is 18.8 Å². The van der Waals surface area contributed by atoms with E-state index >= 15 is 0 Å². The monoisotopic (exact) mass is 832 g/mol. The second kappa shape index (κ2) is 47.6. The minimum Gasteiger partial charge on any atom is -0.394 e. The van der Waals surface area contributed by atoms with E-state index in [1.54, 1.807) is 0 Å². The molecule has 0 rings (SSSR count). The second-order valence-electron chi connectivity index (χ2n) is 17.8. The van der Waals surface area contributed by atoms with E-state index in [4.69, 9.17) is 0 Å². The van der Waals surface area contributed by atoms with Gasteiger partial charge in [0.25, 0.3) is 0 Å². The third-order valence-corrected chi connectivity index (χ3v) is 12.1. The zero-order valence-electron chi connectivity index (χ0n) is 39.3. The normalized spacial score (nSPS) is 14.2. The number of aliphatic hydroxyl groups excluding tert-OH is 4. The van der Waals surface area contributed by atoms with Crippen LogP contribution in [0.2, 0.25) is 0 Å². The largest absolute Gasteiger partial charge is 0.394 e. The van der Waals surface area contributed by atoms with Crippen molar-refractivity contribution < 1.29 is 25.2 Å². The van der Waals surface area contributed by atoms with Gasteiger partial charge >= 0.3 is 0 Å². The molecule has 0 aliphatic carbocycles. The number of hydrogen-bond donors (Lipinski definition) is 5. The quantitative estimate of drug-likeness (QED) is 0.0310. The molecule has 348 valence electrons. The lowest BCUT2D eigenvalue weighted by molar-refractivity contribution is -0.132. The maximum absolute atomic E-state index is 12.5. The molecule has 0 saturated carbocycles. The summed E-state index contributed by atoms with van der Waals surface area (Å²) in [7, 11) is 0. The topological polar surface area (TPSA) is 110 Å². The number of aliphatic hydroxyl groups is 4. The predicted octanol–water partition coefficient (Wildman–Crippen LogP) is 14.5. The second-order valence-corrected chi connectivity index (χ2v) is 17.8. The molecule has 0 fully saturated rings. The molecule has 5 N–H and O–H groups in total. The third-order valence-electron chi connectivity index (χ3n) is 12.1. The molecule has 0 aliphatic rings. The first-order valence-electron chi connectivity index (χ1n) is 25.9. The molecule has 0 aliphatic heterocycles. The van der Waals surface area contributed by atoms with Crippen LogP contribution in [0.15, 0.2) is 36.5 Å². The first kappa shape index (κ1) is 57.5. The Morgan fingerprint density at radius 1 is 0.407 bits per heavy atom. The van der Waals surface area contributed by atoms with Crippen LogP contribution in [0.1, 0.15) is 264 Å². The molecule has 0 bridgehead atoms. The van der Waals surface area contributed by atoms with Gasteiger partial charge in [-0.2, -0.15) is 0 Å². The molecule has 1 amide bonds. The fourth-order valence-electron chi connectivity index (χ4n) is 7.97. The molecule has 4 atom stereocenters. The summed E-state index contributed by atoms with van der Waals surface area (Å²) in [4.78, 5) is 12.5. The first-order chi connectivity index (χ1) is 29.0. The van der Waals surface area contributed by atoms with Crippen molar-refractivity contribution in [3.8, 4) is 0 Å². The summed E-state index contributed by atoms with van der Waals surface area (Å²) >= 11 is 0. The molecule has 0 aromatic carbocycles. The highest BCUT2D eigenvalue weighted by molar-refractivity contribution is 5.80. The van der Waals surface area contributed by atoms with Crippen molar-refractivity contribution in [2.45, 2.75) is 289 Å². The molecule has 59 heavy (non-hydrogen) atoms. The van der Waals surface area contributed by atoms with E-state index in [-0.39, 0.29) is 0 Å². The Labute approximate surface area is 367 Å². The first-order valence-corrected chi connectivity index (χ1v) is 25.9. The standard InChI is InChI=1S/C53H101NO5/c1-3-5-7-9-11-13-15-17-19-21-22-23-24-25-26-27-28-29-30-31-33-34-36-38-40-42-44-46-50(56)52(58)49(48-55)54-53(59)51(57)47-45-43-41-39-37-35-32-20-18-16-14-12-10-8-6-4-2/h27-28,31,33,38,40,49-52,55-58H,3-26,29-30,32,34-37,39,41-48H2,1-2H3,(H,54,59)/b28-27+,33-31+,40-38+. The number of carbonyl (C=O) groups is 1. The van der Waals surface area contributed by atoms with E-state index in [9.17, 15) is 25.2 Å². The average Bonchev–Trinajstić information content (AvgIpc) is 3.24. The zero-order valence-corrected chi connectivity index (χ0v) is 39.3. The Morgan fingerprint density at radius 3 is 1.07 bits per heavy atom. The SMILES string of the molecule is CCCCCCCCCCCCCCCC/C=C/CC/C=C/CC/C=C/CCCC(O)C(O)C(CO)NC(=O)C(O)CCCCCCCCCCCCCCCCCC. The molecular formula is C53H101NO5. The zero-order chi connectivity index (χ0) is 43.1. The maximum atomic E-state index is 12.5. The van der Waals surface area contributed by atoms with Gasteiger partial charge in [-0.15, -0.1) is 0 Å². The van der Waals surface area contributed by atoms with Crippen molar-refractivity contribution in [2.75, 3.05) is 6.61 Å². The van der Waals surface area contributed by atoms with Crippen LogP contribution in [-0.4, -0.2) is 57.3 Å². The maximum Gasteiger partial charge on any atom is 0.249 e. The number of nitrogens with one attached hydrogen (secondary N) is 1. The van der Waals surface area contributed by atoms with Crippen LogP contribution < -0.4 is 5.32 Å². The third kappa shape index (κ3) is 41.6. The summed E-state index contributed by atoms with van der Waals surface area (Å²) in [6.07, 6.45) is 57.7. The molecule has 0 spiro atoms. The summed E-state index contributed by atoms with van der Waals surface area (Å²) in [6, 6.07) is -1.01.